The molecule has 13 rings (SSSR count). The van der Waals surface area contributed by atoms with E-state index in [9.17, 15) is 0 Å². The molecule has 0 saturated heterocycles. The summed E-state index contributed by atoms with van der Waals surface area (Å²) in [5.41, 5.74) is 4.94. The Bertz CT molecular complexity index is 3680. The van der Waals surface area contributed by atoms with Crippen LogP contribution >= 0.6 is 0 Å². The van der Waals surface area contributed by atoms with Crippen molar-refractivity contribution in [3.8, 4) is 22.3 Å². The van der Waals surface area contributed by atoms with Gasteiger partial charge in [-0.1, -0.05) is 291 Å². The highest BCUT2D eigenvalue weighted by Gasteiger charge is 2.43. The largest absolute Gasteiger partial charge is 0.179 e. The molecular weight excluding hydrogens is 897 g/mol. The standard InChI is InChI=1S/C70H50Si2/c1-7-27-57(28-8-1)71(58-29-9-2-10-30-58,59-31-11-3-12-32-59)63-43-45-65-67(49-63)70(56-42-40-52-24-20-22-26-54(52)48-56)68-50-64(44-46-66(68)69(65)55-41-39-51-23-19-21-25-53(51)47-55)72(60-33-13-4-14-34-60,61-35-15-5-16-36-61)62-37-17-6-18-38-62/h1-50H. The fourth-order valence-electron chi connectivity index (χ4n) is 12.1. The predicted molar refractivity (Wildman–Crippen MR) is 315 cm³/mol. The molecule has 13 aromatic carbocycles. The molecular formula is C70H50Si2. The molecule has 0 amide bonds. The van der Waals surface area contributed by atoms with Crippen LogP contribution in [0.1, 0.15) is 0 Å². The third-order valence-electron chi connectivity index (χ3n) is 15.3. The van der Waals surface area contributed by atoms with E-state index in [0.717, 1.165) is 0 Å². The Morgan fingerprint density at radius 1 is 0.167 bits per heavy atom. The van der Waals surface area contributed by atoms with Crippen LogP contribution in [-0.2, 0) is 0 Å². The molecule has 0 aliphatic rings. The van der Waals surface area contributed by atoms with E-state index in [0.29, 0.717) is 0 Å². The zero-order chi connectivity index (χ0) is 47.9. The first-order valence-corrected chi connectivity index (χ1v) is 29.1. The van der Waals surface area contributed by atoms with E-state index >= 15 is 0 Å². The van der Waals surface area contributed by atoms with Gasteiger partial charge in [-0.25, -0.2) is 0 Å². The van der Waals surface area contributed by atoms with Gasteiger partial charge in [0.1, 0.15) is 0 Å². The molecule has 338 valence electrons. The van der Waals surface area contributed by atoms with E-state index in [1.807, 2.05) is 0 Å². The molecule has 0 atom stereocenters. The monoisotopic (exact) mass is 946 g/mol. The minimum absolute atomic E-state index is 1.21. The summed E-state index contributed by atoms with van der Waals surface area (Å²) in [6, 6.07) is 115. The molecule has 13 aromatic rings. The Morgan fingerprint density at radius 3 is 0.736 bits per heavy atom. The zero-order valence-corrected chi connectivity index (χ0v) is 41.9. The molecule has 0 aliphatic carbocycles. The second-order valence-corrected chi connectivity index (χ2v) is 26.7. The van der Waals surface area contributed by atoms with Gasteiger partial charge < -0.3 is 0 Å². The summed E-state index contributed by atoms with van der Waals surface area (Å²) in [7, 11) is -5.90. The van der Waals surface area contributed by atoms with Crippen LogP contribution in [-0.4, -0.2) is 16.1 Å². The summed E-state index contributed by atoms with van der Waals surface area (Å²) in [4.78, 5) is 0. The summed E-state index contributed by atoms with van der Waals surface area (Å²) in [5, 5.41) is 20.8. The number of hydrogen-bond acceptors (Lipinski definition) is 0. The van der Waals surface area contributed by atoms with Crippen molar-refractivity contribution < 1.29 is 0 Å². The van der Waals surface area contributed by atoms with Gasteiger partial charge in [-0.2, -0.15) is 0 Å². The summed E-state index contributed by atoms with van der Waals surface area (Å²) in [6.45, 7) is 0. The first-order valence-electron chi connectivity index (χ1n) is 25.1. The molecule has 0 unspecified atom stereocenters. The van der Waals surface area contributed by atoms with Crippen molar-refractivity contribution in [1.29, 1.82) is 0 Å². The van der Waals surface area contributed by atoms with Crippen molar-refractivity contribution in [2.45, 2.75) is 0 Å². The molecule has 72 heavy (non-hydrogen) atoms. The van der Waals surface area contributed by atoms with E-state index in [2.05, 4.69) is 303 Å². The van der Waals surface area contributed by atoms with Gasteiger partial charge in [0, 0.05) is 0 Å². The van der Waals surface area contributed by atoms with Gasteiger partial charge in [-0.05, 0) is 119 Å². The first-order chi connectivity index (χ1) is 35.7. The SMILES string of the molecule is c1ccc([Si](c2ccccc2)(c2ccccc2)c2ccc3c(-c4ccc5ccccc5c4)c4ccc([Si](c5ccccc5)(c5ccccc5)c5ccccc5)cc4c(-c4ccc5ccccc5c4)c3c2)cc1. The van der Waals surface area contributed by atoms with E-state index in [1.54, 1.807) is 0 Å². The maximum absolute atomic E-state index is 2.95. The van der Waals surface area contributed by atoms with Gasteiger partial charge in [-0.3, -0.25) is 0 Å². The Kier molecular flexibility index (Phi) is 11.0. The third kappa shape index (κ3) is 7.10. The van der Waals surface area contributed by atoms with Crippen LogP contribution in [0.25, 0.3) is 65.3 Å². The molecule has 0 fully saturated rings. The van der Waals surface area contributed by atoms with E-state index in [1.165, 1.54) is 107 Å². The molecule has 0 aliphatic heterocycles. The molecule has 0 radical (unpaired) electrons. The van der Waals surface area contributed by atoms with E-state index in [-0.39, 0.29) is 0 Å². The van der Waals surface area contributed by atoms with Crippen LogP contribution in [0.15, 0.2) is 303 Å². The molecule has 0 bridgehead atoms. The average molecular weight is 947 g/mol. The minimum atomic E-state index is -2.95. The smallest absolute Gasteiger partial charge is 0.0623 e. The normalized spacial score (nSPS) is 11.9. The lowest BCUT2D eigenvalue weighted by molar-refractivity contribution is 1.66. The molecule has 0 saturated carbocycles. The number of benzene rings is 13. The molecule has 0 heterocycles. The van der Waals surface area contributed by atoms with Crippen LogP contribution in [0.5, 0.6) is 0 Å². The van der Waals surface area contributed by atoms with Crippen molar-refractivity contribution in [3.05, 3.63) is 303 Å². The molecule has 0 nitrogen and oxygen atoms in total. The number of hydrogen-bond donors (Lipinski definition) is 0. The topological polar surface area (TPSA) is 0 Å². The lowest BCUT2D eigenvalue weighted by atomic mass is 9.85. The predicted octanol–water partition coefficient (Wildman–Crippen LogP) is 12.4. The summed E-state index contributed by atoms with van der Waals surface area (Å²) in [6.07, 6.45) is 0. The maximum Gasteiger partial charge on any atom is 0.179 e. The maximum atomic E-state index is 2.62. The van der Waals surface area contributed by atoms with E-state index < -0.39 is 16.1 Å². The quantitative estimate of drug-likeness (QED) is 0.0728. The van der Waals surface area contributed by atoms with E-state index in [4.69, 9.17) is 0 Å². The zero-order valence-electron chi connectivity index (χ0n) is 39.9. The minimum Gasteiger partial charge on any atom is -0.0623 e. The van der Waals surface area contributed by atoms with Crippen molar-refractivity contribution in [2.75, 3.05) is 0 Å². The lowest BCUT2D eigenvalue weighted by Gasteiger charge is -2.35. The second kappa shape index (κ2) is 18.3. The van der Waals surface area contributed by atoms with Crippen LogP contribution in [0.4, 0.5) is 0 Å². The Morgan fingerprint density at radius 2 is 0.431 bits per heavy atom. The third-order valence-corrected chi connectivity index (χ3v) is 24.8. The molecule has 0 aromatic heterocycles. The van der Waals surface area contributed by atoms with Gasteiger partial charge in [0.25, 0.3) is 0 Å². The molecule has 0 spiro atoms. The second-order valence-electron chi connectivity index (χ2n) is 19.1. The van der Waals surface area contributed by atoms with Crippen molar-refractivity contribution in [2.24, 2.45) is 0 Å². The van der Waals surface area contributed by atoms with Crippen LogP contribution < -0.4 is 41.5 Å². The average Bonchev–Trinajstić information content (AvgIpc) is 3.46. The van der Waals surface area contributed by atoms with Gasteiger partial charge in [0.05, 0.1) is 0 Å². The summed E-state index contributed by atoms with van der Waals surface area (Å²) >= 11 is 0. The summed E-state index contributed by atoms with van der Waals surface area (Å²) in [5.74, 6) is 0. The van der Waals surface area contributed by atoms with Crippen molar-refractivity contribution >= 4 is 101 Å². The van der Waals surface area contributed by atoms with Crippen molar-refractivity contribution in [1.82, 2.24) is 0 Å². The number of fused-ring (bicyclic) bond motifs is 4. The van der Waals surface area contributed by atoms with Crippen LogP contribution in [0.3, 0.4) is 0 Å². The fourth-order valence-corrected chi connectivity index (χ4v) is 21.7. The fraction of sp³-hybridized carbons (Fsp3) is 0. The molecule has 2 heteroatoms. The Balaban J connectivity index is 1.24. The first kappa shape index (κ1) is 43.4. The van der Waals surface area contributed by atoms with Crippen LogP contribution in [0.2, 0.25) is 0 Å². The van der Waals surface area contributed by atoms with Gasteiger partial charge in [-0.15, -0.1) is 0 Å². The van der Waals surface area contributed by atoms with Crippen LogP contribution in [0, 0.1) is 0 Å². The van der Waals surface area contributed by atoms with Gasteiger partial charge in [0.2, 0.25) is 0 Å². The van der Waals surface area contributed by atoms with Crippen molar-refractivity contribution in [3.63, 3.8) is 0 Å². The lowest BCUT2D eigenvalue weighted by Crippen LogP contribution is -2.74. The highest BCUT2D eigenvalue weighted by atomic mass is 28.3. The van der Waals surface area contributed by atoms with Gasteiger partial charge in [0.15, 0.2) is 16.1 Å². The highest BCUT2D eigenvalue weighted by molar-refractivity contribution is 7.20. The van der Waals surface area contributed by atoms with Gasteiger partial charge >= 0.3 is 0 Å². The Hall–Kier alpha value is -8.67. The Labute approximate surface area is 423 Å². The molecule has 0 N–H and O–H groups in total. The highest BCUT2D eigenvalue weighted by Crippen LogP contribution is 2.45. The summed E-state index contributed by atoms with van der Waals surface area (Å²) < 4.78 is 0. The number of rotatable bonds is 10.